The van der Waals surface area contributed by atoms with E-state index in [0.29, 0.717) is 0 Å². The smallest absolute Gasteiger partial charge is 0.166 e. The molecule has 6 nitrogen and oxygen atoms in total. The molecule has 0 fully saturated rings. The van der Waals surface area contributed by atoms with Crippen molar-refractivity contribution in [3.05, 3.63) is 29.0 Å². The first-order valence-corrected chi connectivity index (χ1v) is 7.26. The molecule has 6 heteroatoms. The van der Waals surface area contributed by atoms with Crippen molar-refractivity contribution in [3.8, 4) is 11.4 Å². The minimum absolute atomic E-state index is 0.779. The molecule has 0 spiro atoms. The van der Waals surface area contributed by atoms with Crippen LogP contribution in [0.1, 0.15) is 36.3 Å². The van der Waals surface area contributed by atoms with Gasteiger partial charge in [-0.05, 0) is 40.2 Å². The Morgan fingerprint density at radius 1 is 1.05 bits per heavy atom. The number of nitrogens with zero attached hydrogens (tertiary/aromatic N) is 6. The van der Waals surface area contributed by atoms with Gasteiger partial charge in [0, 0.05) is 17.9 Å². The molecule has 0 saturated heterocycles. The normalized spacial score (nSPS) is 11.5. The molecular formula is C15H20N6. The van der Waals surface area contributed by atoms with Crippen molar-refractivity contribution < 1.29 is 0 Å². The molecule has 0 aliphatic heterocycles. The van der Waals surface area contributed by atoms with E-state index in [4.69, 9.17) is 0 Å². The second-order valence-electron chi connectivity index (χ2n) is 5.44. The van der Waals surface area contributed by atoms with Crippen molar-refractivity contribution >= 4 is 5.65 Å². The summed E-state index contributed by atoms with van der Waals surface area (Å²) in [7, 11) is 0. The monoisotopic (exact) mass is 284 g/mol. The molecule has 0 aromatic carbocycles. The number of hydrogen-bond acceptors (Lipinski definition) is 4. The van der Waals surface area contributed by atoms with Crippen molar-refractivity contribution in [1.82, 2.24) is 29.4 Å². The first kappa shape index (κ1) is 13.7. The Morgan fingerprint density at radius 2 is 1.81 bits per heavy atom. The van der Waals surface area contributed by atoms with Crippen LogP contribution in [0, 0.1) is 27.7 Å². The zero-order chi connectivity index (χ0) is 15.1. The summed E-state index contributed by atoms with van der Waals surface area (Å²) in [6.45, 7) is 10.9. The highest BCUT2D eigenvalue weighted by Gasteiger charge is 2.20. The van der Waals surface area contributed by atoms with Crippen LogP contribution in [0.3, 0.4) is 0 Å². The fourth-order valence-corrected chi connectivity index (χ4v) is 2.70. The summed E-state index contributed by atoms with van der Waals surface area (Å²) in [4.78, 5) is 9.26. The summed E-state index contributed by atoms with van der Waals surface area (Å²) in [6, 6.07) is 2.03. The van der Waals surface area contributed by atoms with E-state index in [1.54, 1.807) is 0 Å². The number of rotatable bonds is 3. The standard InChI is InChI=1S/C15H20N6/c1-6-7-20-14(17-12(5)19-20)13-11(4)18-21-10(3)8-9(2)16-15(13)21/h8H,6-7H2,1-5H3. The predicted octanol–water partition coefficient (Wildman–Crippen LogP) is 2.63. The van der Waals surface area contributed by atoms with E-state index in [9.17, 15) is 0 Å². The van der Waals surface area contributed by atoms with E-state index >= 15 is 0 Å². The fraction of sp³-hybridized carbons (Fsp3) is 0.467. The Balaban J connectivity index is 2.32. The summed E-state index contributed by atoms with van der Waals surface area (Å²) in [5.74, 6) is 1.64. The third kappa shape index (κ3) is 2.20. The second kappa shape index (κ2) is 4.95. The van der Waals surface area contributed by atoms with Gasteiger partial charge >= 0.3 is 0 Å². The number of fused-ring (bicyclic) bond motifs is 1. The quantitative estimate of drug-likeness (QED) is 0.741. The molecule has 3 heterocycles. The minimum Gasteiger partial charge on any atom is -0.245 e. The molecule has 0 bridgehead atoms. The van der Waals surface area contributed by atoms with Gasteiger partial charge in [0.1, 0.15) is 5.82 Å². The fourth-order valence-electron chi connectivity index (χ4n) is 2.70. The van der Waals surface area contributed by atoms with Gasteiger partial charge in [0.15, 0.2) is 11.5 Å². The maximum atomic E-state index is 4.66. The zero-order valence-corrected chi connectivity index (χ0v) is 13.2. The Morgan fingerprint density at radius 3 is 2.52 bits per heavy atom. The molecule has 0 unspecified atom stereocenters. The SMILES string of the molecule is CCCn1nc(C)nc1-c1c(C)nn2c(C)cc(C)nc12. The summed E-state index contributed by atoms with van der Waals surface area (Å²) in [5.41, 5.74) is 4.83. The lowest BCUT2D eigenvalue weighted by molar-refractivity contribution is 0.604. The molecule has 21 heavy (non-hydrogen) atoms. The van der Waals surface area contributed by atoms with Gasteiger partial charge in [-0.2, -0.15) is 10.2 Å². The Labute approximate surface area is 123 Å². The van der Waals surface area contributed by atoms with Crippen molar-refractivity contribution in [3.63, 3.8) is 0 Å². The van der Waals surface area contributed by atoms with E-state index in [2.05, 4.69) is 27.1 Å². The van der Waals surface area contributed by atoms with Crippen molar-refractivity contribution in [2.24, 2.45) is 0 Å². The molecule has 0 aliphatic rings. The molecule has 0 amide bonds. The van der Waals surface area contributed by atoms with Crippen LogP contribution in [0.2, 0.25) is 0 Å². The maximum absolute atomic E-state index is 4.66. The molecule has 0 atom stereocenters. The molecule has 0 saturated carbocycles. The van der Waals surface area contributed by atoms with Gasteiger partial charge in [0.05, 0.1) is 11.3 Å². The summed E-state index contributed by atoms with van der Waals surface area (Å²) in [5, 5.41) is 9.10. The van der Waals surface area contributed by atoms with Gasteiger partial charge in [0.2, 0.25) is 0 Å². The predicted molar refractivity (Wildman–Crippen MR) is 81.2 cm³/mol. The molecule has 110 valence electrons. The van der Waals surface area contributed by atoms with Gasteiger partial charge in [-0.25, -0.2) is 19.2 Å². The first-order valence-electron chi connectivity index (χ1n) is 7.26. The lowest BCUT2D eigenvalue weighted by Crippen LogP contribution is -2.03. The van der Waals surface area contributed by atoms with Crippen molar-refractivity contribution in [1.29, 1.82) is 0 Å². The third-order valence-electron chi connectivity index (χ3n) is 3.51. The third-order valence-corrected chi connectivity index (χ3v) is 3.51. The molecule has 3 aromatic rings. The lowest BCUT2D eigenvalue weighted by Gasteiger charge is -2.04. The van der Waals surface area contributed by atoms with Crippen LogP contribution in [0.5, 0.6) is 0 Å². The van der Waals surface area contributed by atoms with Crippen LogP contribution in [0.4, 0.5) is 0 Å². The van der Waals surface area contributed by atoms with E-state index in [-0.39, 0.29) is 0 Å². The van der Waals surface area contributed by atoms with Crippen LogP contribution < -0.4 is 0 Å². The summed E-state index contributed by atoms with van der Waals surface area (Å²) >= 11 is 0. The number of aromatic nitrogens is 6. The zero-order valence-electron chi connectivity index (χ0n) is 13.2. The molecular weight excluding hydrogens is 264 g/mol. The molecule has 0 N–H and O–H groups in total. The van der Waals surface area contributed by atoms with E-state index < -0.39 is 0 Å². The van der Waals surface area contributed by atoms with Gasteiger partial charge < -0.3 is 0 Å². The van der Waals surface area contributed by atoms with E-state index in [0.717, 1.165) is 52.9 Å². The maximum Gasteiger partial charge on any atom is 0.166 e. The van der Waals surface area contributed by atoms with Crippen LogP contribution in [-0.4, -0.2) is 29.4 Å². The number of hydrogen-bond donors (Lipinski definition) is 0. The average Bonchev–Trinajstić information content (AvgIpc) is 2.90. The molecule has 3 rings (SSSR count). The largest absolute Gasteiger partial charge is 0.245 e. The molecule has 0 radical (unpaired) electrons. The van der Waals surface area contributed by atoms with Crippen LogP contribution in [0.15, 0.2) is 6.07 Å². The van der Waals surface area contributed by atoms with Crippen molar-refractivity contribution in [2.45, 2.75) is 47.6 Å². The van der Waals surface area contributed by atoms with E-state index in [1.165, 1.54) is 0 Å². The Hall–Kier alpha value is -2.24. The van der Waals surface area contributed by atoms with Crippen molar-refractivity contribution in [2.75, 3.05) is 0 Å². The van der Waals surface area contributed by atoms with Crippen LogP contribution in [-0.2, 0) is 6.54 Å². The number of aryl methyl sites for hydroxylation is 5. The van der Waals surface area contributed by atoms with Crippen LogP contribution in [0.25, 0.3) is 17.0 Å². The highest BCUT2D eigenvalue weighted by molar-refractivity contribution is 5.75. The van der Waals surface area contributed by atoms with Crippen LogP contribution >= 0.6 is 0 Å². The Kier molecular flexibility index (Phi) is 3.23. The topological polar surface area (TPSA) is 60.9 Å². The lowest BCUT2D eigenvalue weighted by atomic mass is 10.2. The Bertz CT molecular complexity index is 811. The second-order valence-corrected chi connectivity index (χ2v) is 5.44. The van der Waals surface area contributed by atoms with Gasteiger partial charge in [-0.1, -0.05) is 6.92 Å². The highest BCUT2D eigenvalue weighted by Crippen LogP contribution is 2.26. The van der Waals surface area contributed by atoms with Gasteiger partial charge in [0.25, 0.3) is 0 Å². The average molecular weight is 284 g/mol. The van der Waals surface area contributed by atoms with Gasteiger partial charge in [-0.3, -0.25) is 0 Å². The molecule has 3 aromatic heterocycles. The van der Waals surface area contributed by atoms with E-state index in [1.807, 2.05) is 43.0 Å². The minimum atomic E-state index is 0.779. The summed E-state index contributed by atoms with van der Waals surface area (Å²) < 4.78 is 3.84. The van der Waals surface area contributed by atoms with Gasteiger partial charge in [-0.15, -0.1) is 0 Å². The molecule has 0 aliphatic carbocycles. The highest BCUT2D eigenvalue weighted by atomic mass is 15.4. The first-order chi connectivity index (χ1) is 10.0. The summed E-state index contributed by atoms with van der Waals surface area (Å²) in [6.07, 6.45) is 1.01.